The normalized spacial score (nSPS) is 10.9. The molecule has 0 aliphatic heterocycles. The zero-order chi connectivity index (χ0) is 14.6. The number of carbonyl (C=O) groups excluding carboxylic acids is 2. The Bertz CT molecular complexity index is 647. The summed E-state index contributed by atoms with van der Waals surface area (Å²) in [5, 5.41) is 0. The molecule has 0 spiro atoms. The first-order valence-corrected chi connectivity index (χ1v) is 7.64. The second-order valence-electron chi connectivity index (χ2n) is 3.75. The Morgan fingerprint density at radius 3 is 2.58 bits per heavy atom. The third-order valence-electron chi connectivity index (χ3n) is 1.94. The van der Waals surface area contributed by atoms with Crippen molar-refractivity contribution in [3.63, 3.8) is 0 Å². The summed E-state index contributed by atoms with van der Waals surface area (Å²) in [4.78, 5) is 21.6. The minimum absolute atomic E-state index is 0.159. The Morgan fingerprint density at radius 2 is 2.05 bits per heavy atom. The zero-order valence-electron chi connectivity index (χ0n) is 10.1. The van der Waals surface area contributed by atoms with Crippen LogP contribution in [0.3, 0.4) is 0 Å². The molecular formula is C11H10INO5S. The number of benzene rings is 1. The monoisotopic (exact) mass is 395 g/mol. The molecule has 6 nitrogen and oxygen atoms in total. The molecule has 0 unspecified atom stereocenters. The van der Waals surface area contributed by atoms with Crippen LogP contribution in [0.1, 0.15) is 24.2 Å². The smallest absolute Gasteiger partial charge is 0.339 e. The third-order valence-corrected chi connectivity index (χ3v) is 3.82. The van der Waals surface area contributed by atoms with E-state index < -0.39 is 22.1 Å². The van der Waals surface area contributed by atoms with Crippen molar-refractivity contribution in [2.24, 2.45) is 4.40 Å². The topological polar surface area (TPSA) is 89.9 Å². The Hall–Kier alpha value is -1.25. The van der Waals surface area contributed by atoms with Gasteiger partial charge in [0.05, 0.1) is 11.7 Å². The molecular weight excluding hydrogens is 385 g/mol. The van der Waals surface area contributed by atoms with Crippen molar-refractivity contribution in [1.82, 2.24) is 0 Å². The SMILES string of the molecule is CC(C)OC(=O)c1ccc(I)cc1S(=O)(=O)N=C=O. The van der Waals surface area contributed by atoms with E-state index in [9.17, 15) is 18.0 Å². The van der Waals surface area contributed by atoms with Crippen molar-refractivity contribution >= 4 is 44.7 Å². The Balaban J connectivity index is 3.42. The maximum atomic E-state index is 11.8. The van der Waals surface area contributed by atoms with Crippen molar-refractivity contribution in [3.8, 4) is 0 Å². The van der Waals surface area contributed by atoms with Crippen LogP contribution in [0, 0.1) is 3.57 Å². The first-order valence-electron chi connectivity index (χ1n) is 5.12. The van der Waals surface area contributed by atoms with E-state index in [1.54, 1.807) is 19.9 Å². The summed E-state index contributed by atoms with van der Waals surface area (Å²) in [6.07, 6.45) is 0.574. The van der Waals surface area contributed by atoms with Crippen molar-refractivity contribution in [2.45, 2.75) is 24.8 Å². The molecule has 0 saturated carbocycles. The number of halogens is 1. The average Bonchev–Trinajstić information content (AvgIpc) is 2.27. The summed E-state index contributed by atoms with van der Waals surface area (Å²) in [5.74, 6) is -0.786. The van der Waals surface area contributed by atoms with Gasteiger partial charge in [-0.1, -0.05) is 4.40 Å². The molecule has 1 aromatic carbocycles. The molecule has 0 saturated heterocycles. The van der Waals surface area contributed by atoms with Gasteiger partial charge in [0, 0.05) is 3.57 Å². The standard InChI is InChI=1S/C11H10INO5S/c1-7(2)18-11(15)9-4-3-8(12)5-10(9)19(16,17)13-6-14/h3-5,7H,1-2H3. The van der Waals surface area contributed by atoms with Gasteiger partial charge in [-0.25, -0.2) is 9.59 Å². The largest absolute Gasteiger partial charge is 0.459 e. The fourth-order valence-electron chi connectivity index (χ4n) is 1.25. The van der Waals surface area contributed by atoms with Crippen LogP contribution in [0.25, 0.3) is 0 Å². The van der Waals surface area contributed by atoms with Crippen LogP contribution in [0.2, 0.25) is 0 Å². The highest BCUT2D eigenvalue weighted by Crippen LogP contribution is 2.22. The van der Waals surface area contributed by atoms with Crippen molar-refractivity contribution in [2.75, 3.05) is 0 Å². The number of hydrogen-bond donors (Lipinski definition) is 0. The quantitative estimate of drug-likeness (QED) is 0.336. The Morgan fingerprint density at radius 1 is 1.42 bits per heavy atom. The van der Waals surface area contributed by atoms with Gasteiger partial charge in [0.1, 0.15) is 4.90 Å². The molecule has 1 rings (SSSR count). The number of carbonyl (C=O) groups is 1. The van der Waals surface area contributed by atoms with E-state index >= 15 is 0 Å². The van der Waals surface area contributed by atoms with Crippen LogP contribution in [0.15, 0.2) is 27.5 Å². The van der Waals surface area contributed by atoms with E-state index in [-0.39, 0.29) is 10.5 Å². The molecule has 0 atom stereocenters. The summed E-state index contributed by atoms with van der Waals surface area (Å²) >= 11 is 1.88. The molecule has 0 aliphatic rings. The molecule has 0 heterocycles. The van der Waals surface area contributed by atoms with Gasteiger partial charge in [0.15, 0.2) is 0 Å². The molecule has 0 radical (unpaired) electrons. The number of hydrogen-bond acceptors (Lipinski definition) is 5. The number of isocyanates is 1. The Kier molecular flexibility index (Phi) is 5.21. The first-order chi connectivity index (χ1) is 8.77. The fourth-order valence-corrected chi connectivity index (χ4v) is 2.86. The minimum atomic E-state index is -4.25. The van der Waals surface area contributed by atoms with E-state index in [0.717, 1.165) is 6.08 Å². The molecule has 0 N–H and O–H groups in total. The summed E-state index contributed by atoms with van der Waals surface area (Å²) in [6, 6.07) is 4.12. The maximum Gasteiger partial charge on any atom is 0.339 e. The van der Waals surface area contributed by atoms with E-state index in [1.165, 1.54) is 12.1 Å². The van der Waals surface area contributed by atoms with Gasteiger partial charge in [-0.3, -0.25) is 0 Å². The summed E-state index contributed by atoms with van der Waals surface area (Å²) in [7, 11) is -4.25. The minimum Gasteiger partial charge on any atom is -0.459 e. The molecule has 102 valence electrons. The molecule has 0 aliphatic carbocycles. The highest BCUT2D eigenvalue weighted by molar-refractivity contribution is 14.1. The molecule has 0 amide bonds. The number of rotatable bonds is 4. The second-order valence-corrected chi connectivity index (χ2v) is 6.57. The van der Waals surface area contributed by atoms with Gasteiger partial charge >= 0.3 is 5.97 Å². The van der Waals surface area contributed by atoms with Crippen LogP contribution in [-0.4, -0.2) is 26.6 Å². The number of nitrogens with zero attached hydrogens (tertiary/aromatic N) is 1. The van der Waals surface area contributed by atoms with Gasteiger partial charge in [-0.15, -0.1) is 0 Å². The van der Waals surface area contributed by atoms with Crippen LogP contribution in [0.4, 0.5) is 0 Å². The van der Waals surface area contributed by atoms with Gasteiger partial charge in [-0.2, -0.15) is 8.42 Å². The highest BCUT2D eigenvalue weighted by atomic mass is 127. The maximum absolute atomic E-state index is 11.8. The number of esters is 1. The van der Waals surface area contributed by atoms with Crippen molar-refractivity contribution < 1.29 is 22.7 Å². The zero-order valence-corrected chi connectivity index (χ0v) is 13.1. The van der Waals surface area contributed by atoms with E-state index in [0.29, 0.717) is 3.57 Å². The van der Waals surface area contributed by atoms with Crippen molar-refractivity contribution in [3.05, 3.63) is 27.3 Å². The van der Waals surface area contributed by atoms with E-state index in [4.69, 9.17) is 4.74 Å². The van der Waals surface area contributed by atoms with Crippen LogP contribution < -0.4 is 0 Å². The third kappa shape index (κ3) is 4.12. The average molecular weight is 395 g/mol. The van der Waals surface area contributed by atoms with Crippen molar-refractivity contribution in [1.29, 1.82) is 0 Å². The lowest BCUT2D eigenvalue weighted by molar-refractivity contribution is 0.0373. The van der Waals surface area contributed by atoms with Gasteiger partial charge in [-0.05, 0) is 54.6 Å². The molecule has 0 fully saturated rings. The first kappa shape index (κ1) is 15.8. The van der Waals surface area contributed by atoms with E-state index in [1.807, 2.05) is 22.6 Å². The summed E-state index contributed by atoms with van der Waals surface area (Å²) in [6.45, 7) is 3.28. The summed E-state index contributed by atoms with van der Waals surface area (Å²) < 4.78 is 31.8. The predicted molar refractivity (Wildman–Crippen MR) is 75.0 cm³/mol. The van der Waals surface area contributed by atoms with Gasteiger partial charge < -0.3 is 4.74 Å². The molecule has 8 heteroatoms. The fraction of sp³-hybridized carbons (Fsp3) is 0.273. The lowest BCUT2D eigenvalue weighted by atomic mass is 10.2. The lowest BCUT2D eigenvalue weighted by Gasteiger charge is -2.10. The Labute approximate surface area is 124 Å². The van der Waals surface area contributed by atoms with Gasteiger partial charge in [0.2, 0.25) is 0 Å². The molecule has 1 aromatic rings. The van der Waals surface area contributed by atoms with Gasteiger partial charge in [0.25, 0.3) is 16.1 Å². The second kappa shape index (κ2) is 6.27. The van der Waals surface area contributed by atoms with Crippen LogP contribution >= 0.6 is 22.6 Å². The molecule has 0 aromatic heterocycles. The predicted octanol–water partition coefficient (Wildman–Crippen LogP) is 1.88. The summed E-state index contributed by atoms with van der Waals surface area (Å²) in [5.41, 5.74) is -0.159. The van der Waals surface area contributed by atoms with Crippen LogP contribution in [0.5, 0.6) is 0 Å². The lowest BCUT2D eigenvalue weighted by Crippen LogP contribution is -2.15. The number of ether oxygens (including phenoxy) is 1. The molecule has 19 heavy (non-hydrogen) atoms. The van der Waals surface area contributed by atoms with E-state index in [2.05, 4.69) is 4.40 Å². The van der Waals surface area contributed by atoms with Crippen LogP contribution in [-0.2, 0) is 19.6 Å². The molecule has 0 bridgehead atoms. The number of sulfonamides is 1. The highest BCUT2D eigenvalue weighted by Gasteiger charge is 2.24.